The molecule has 1 aromatic rings. The molecule has 102 valence electrons. The van der Waals surface area contributed by atoms with E-state index in [1.54, 1.807) is 0 Å². The van der Waals surface area contributed by atoms with Gasteiger partial charge in [-0.05, 0) is 43.1 Å². The van der Waals surface area contributed by atoms with Gasteiger partial charge in [0.1, 0.15) is 6.29 Å². The molecule has 1 saturated carbocycles. The van der Waals surface area contributed by atoms with Crippen LogP contribution >= 0.6 is 0 Å². The highest BCUT2D eigenvalue weighted by Crippen LogP contribution is 2.46. The van der Waals surface area contributed by atoms with Gasteiger partial charge in [0.15, 0.2) is 0 Å². The molecular formula is C15H21N3O. The third-order valence-corrected chi connectivity index (χ3v) is 4.59. The SMILES string of the molecule is CCc1cnc(N2CCC([C@H]3C[C@H]3C=O)CC2)nc1. The molecule has 2 aliphatic rings. The second kappa shape index (κ2) is 5.27. The van der Waals surface area contributed by atoms with E-state index in [1.165, 1.54) is 18.4 Å². The smallest absolute Gasteiger partial charge is 0.225 e. The third-order valence-electron chi connectivity index (χ3n) is 4.59. The highest BCUT2D eigenvalue weighted by atomic mass is 16.1. The average molecular weight is 259 g/mol. The van der Waals surface area contributed by atoms with Crippen LogP contribution in [0.5, 0.6) is 0 Å². The van der Waals surface area contributed by atoms with E-state index in [-0.39, 0.29) is 0 Å². The molecule has 0 bridgehead atoms. The Morgan fingerprint density at radius 3 is 2.53 bits per heavy atom. The second-order valence-electron chi connectivity index (χ2n) is 5.77. The maximum Gasteiger partial charge on any atom is 0.225 e. The first-order valence-electron chi connectivity index (χ1n) is 7.33. The maximum atomic E-state index is 10.7. The Bertz CT molecular complexity index is 437. The van der Waals surface area contributed by atoms with Crippen molar-refractivity contribution in [3.8, 4) is 0 Å². The molecule has 0 amide bonds. The second-order valence-corrected chi connectivity index (χ2v) is 5.77. The van der Waals surface area contributed by atoms with Crippen LogP contribution in [0.15, 0.2) is 12.4 Å². The van der Waals surface area contributed by atoms with Crippen molar-refractivity contribution in [3.05, 3.63) is 18.0 Å². The maximum absolute atomic E-state index is 10.7. The Balaban J connectivity index is 1.56. The van der Waals surface area contributed by atoms with Gasteiger partial charge in [0, 0.05) is 31.4 Å². The molecule has 3 rings (SSSR count). The fourth-order valence-corrected chi connectivity index (χ4v) is 3.16. The van der Waals surface area contributed by atoms with Gasteiger partial charge in [0.25, 0.3) is 0 Å². The molecule has 2 atom stereocenters. The molecule has 0 unspecified atom stereocenters. The fraction of sp³-hybridized carbons (Fsp3) is 0.667. The lowest BCUT2D eigenvalue weighted by atomic mass is 9.91. The van der Waals surface area contributed by atoms with Crippen molar-refractivity contribution >= 4 is 12.2 Å². The first-order chi connectivity index (χ1) is 9.31. The van der Waals surface area contributed by atoms with Gasteiger partial charge in [-0.2, -0.15) is 0 Å². The monoisotopic (exact) mass is 259 g/mol. The minimum atomic E-state index is 0.358. The van der Waals surface area contributed by atoms with Crippen LogP contribution in [0.2, 0.25) is 0 Å². The predicted octanol–water partition coefficient (Wildman–Crippen LogP) is 2.09. The highest BCUT2D eigenvalue weighted by molar-refractivity contribution is 5.58. The van der Waals surface area contributed by atoms with E-state index < -0.39 is 0 Å². The summed E-state index contributed by atoms with van der Waals surface area (Å²) in [6.45, 7) is 4.17. The zero-order valence-corrected chi connectivity index (χ0v) is 11.5. The standard InChI is InChI=1S/C15H21N3O/c1-2-11-8-16-15(17-9-11)18-5-3-12(4-6-18)14-7-13(14)10-19/h8-10,12-14H,2-7H2,1H3/t13-,14+/m0/s1. The zero-order valence-electron chi connectivity index (χ0n) is 11.5. The summed E-state index contributed by atoms with van der Waals surface area (Å²) < 4.78 is 0. The number of nitrogens with zero attached hydrogens (tertiary/aromatic N) is 3. The van der Waals surface area contributed by atoms with Crippen molar-refractivity contribution in [1.82, 2.24) is 9.97 Å². The van der Waals surface area contributed by atoms with E-state index >= 15 is 0 Å². The normalized spacial score (nSPS) is 27.3. The molecule has 4 nitrogen and oxygen atoms in total. The van der Waals surface area contributed by atoms with Crippen LogP contribution in [0.25, 0.3) is 0 Å². The van der Waals surface area contributed by atoms with Gasteiger partial charge in [-0.15, -0.1) is 0 Å². The summed E-state index contributed by atoms with van der Waals surface area (Å²) in [5.74, 6) is 2.62. The first-order valence-corrected chi connectivity index (χ1v) is 7.33. The molecule has 2 heterocycles. The van der Waals surface area contributed by atoms with E-state index in [0.717, 1.165) is 44.1 Å². The minimum absolute atomic E-state index is 0.358. The topological polar surface area (TPSA) is 46.1 Å². The third kappa shape index (κ3) is 2.62. The molecule has 1 saturated heterocycles. The predicted molar refractivity (Wildman–Crippen MR) is 74.0 cm³/mol. The van der Waals surface area contributed by atoms with Gasteiger partial charge < -0.3 is 9.69 Å². The number of carbonyl (C=O) groups is 1. The summed E-state index contributed by atoms with van der Waals surface area (Å²) in [6.07, 6.45) is 9.45. The Labute approximate surface area is 114 Å². The number of piperidine rings is 1. The first kappa shape index (κ1) is 12.6. The van der Waals surface area contributed by atoms with Gasteiger partial charge >= 0.3 is 0 Å². The summed E-state index contributed by atoms with van der Waals surface area (Å²) in [6, 6.07) is 0. The Hall–Kier alpha value is -1.45. The van der Waals surface area contributed by atoms with Crippen LogP contribution < -0.4 is 4.90 Å². The number of rotatable bonds is 4. The lowest BCUT2D eigenvalue weighted by molar-refractivity contribution is -0.109. The average Bonchev–Trinajstić information content (AvgIpc) is 3.27. The fourth-order valence-electron chi connectivity index (χ4n) is 3.16. The molecule has 0 aromatic carbocycles. The molecule has 1 aromatic heterocycles. The van der Waals surface area contributed by atoms with E-state index in [1.807, 2.05) is 12.4 Å². The van der Waals surface area contributed by atoms with E-state index in [4.69, 9.17) is 0 Å². The number of aryl methyl sites for hydroxylation is 1. The van der Waals surface area contributed by atoms with Crippen molar-refractivity contribution < 1.29 is 4.79 Å². The quantitative estimate of drug-likeness (QED) is 0.777. The van der Waals surface area contributed by atoms with Gasteiger partial charge in [-0.1, -0.05) is 6.92 Å². The lowest BCUT2D eigenvalue weighted by Gasteiger charge is -2.32. The van der Waals surface area contributed by atoms with E-state index in [9.17, 15) is 4.79 Å². The highest BCUT2D eigenvalue weighted by Gasteiger charge is 2.43. The number of hydrogen-bond donors (Lipinski definition) is 0. The molecule has 19 heavy (non-hydrogen) atoms. The number of carbonyl (C=O) groups excluding carboxylic acids is 1. The van der Waals surface area contributed by atoms with E-state index in [0.29, 0.717) is 11.8 Å². The summed E-state index contributed by atoms with van der Waals surface area (Å²) >= 11 is 0. The molecule has 2 fully saturated rings. The van der Waals surface area contributed by atoms with Crippen molar-refractivity contribution in [2.45, 2.75) is 32.6 Å². The summed E-state index contributed by atoms with van der Waals surface area (Å²) in [5.41, 5.74) is 1.19. The molecule has 1 aliphatic carbocycles. The molecule has 1 aliphatic heterocycles. The van der Waals surface area contributed by atoms with Crippen LogP contribution in [-0.2, 0) is 11.2 Å². The van der Waals surface area contributed by atoms with Crippen LogP contribution in [0, 0.1) is 17.8 Å². The van der Waals surface area contributed by atoms with Crippen LogP contribution in [0.1, 0.15) is 31.7 Å². The Morgan fingerprint density at radius 2 is 2.00 bits per heavy atom. The van der Waals surface area contributed by atoms with Crippen LogP contribution in [0.3, 0.4) is 0 Å². The van der Waals surface area contributed by atoms with Gasteiger partial charge in [-0.25, -0.2) is 9.97 Å². The molecule has 0 radical (unpaired) electrons. The Morgan fingerprint density at radius 1 is 1.32 bits per heavy atom. The summed E-state index contributed by atoms with van der Waals surface area (Å²) in [7, 11) is 0. The summed E-state index contributed by atoms with van der Waals surface area (Å²) in [4.78, 5) is 21.9. The van der Waals surface area contributed by atoms with Gasteiger partial charge in [0.05, 0.1) is 0 Å². The number of anilines is 1. The van der Waals surface area contributed by atoms with Crippen molar-refractivity contribution in [2.24, 2.45) is 17.8 Å². The van der Waals surface area contributed by atoms with Crippen LogP contribution in [-0.4, -0.2) is 29.3 Å². The summed E-state index contributed by atoms with van der Waals surface area (Å²) in [5, 5.41) is 0. The number of hydrogen-bond acceptors (Lipinski definition) is 4. The Kier molecular flexibility index (Phi) is 3.49. The molecule has 0 N–H and O–H groups in total. The minimum Gasteiger partial charge on any atom is -0.341 e. The van der Waals surface area contributed by atoms with Crippen molar-refractivity contribution in [2.75, 3.05) is 18.0 Å². The molecule has 4 heteroatoms. The van der Waals surface area contributed by atoms with Crippen molar-refractivity contribution in [3.63, 3.8) is 0 Å². The van der Waals surface area contributed by atoms with Crippen molar-refractivity contribution in [1.29, 1.82) is 0 Å². The van der Waals surface area contributed by atoms with Gasteiger partial charge in [0.2, 0.25) is 5.95 Å². The molecular weight excluding hydrogens is 238 g/mol. The largest absolute Gasteiger partial charge is 0.341 e. The van der Waals surface area contributed by atoms with E-state index in [2.05, 4.69) is 21.8 Å². The molecule has 0 spiro atoms. The van der Waals surface area contributed by atoms with Crippen LogP contribution in [0.4, 0.5) is 5.95 Å². The number of aldehydes is 1. The number of aromatic nitrogens is 2. The zero-order chi connectivity index (χ0) is 13.2. The lowest BCUT2D eigenvalue weighted by Crippen LogP contribution is -2.35. The van der Waals surface area contributed by atoms with Gasteiger partial charge in [-0.3, -0.25) is 0 Å².